The Kier molecular flexibility index (Phi) is 5.53. The summed E-state index contributed by atoms with van der Waals surface area (Å²) in [6.45, 7) is 4.92. The molecular formula is C21H26N4O2. The van der Waals surface area contributed by atoms with Crippen molar-refractivity contribution in [2.75, 3.05) is 49.6 Å². The van der Waals surface area contributed by atoms with Gasteiger partial charge in [-0.25, -0.2) is 0 Å². The van der Waals surface area contributed by atoms with Crippen molar-refractivity contribution in [1.82, 2.24) is 9.88 Å². The lowest BCUT2D eigenvalue weighted by atomic mass is 10.1. The first-order valence-corrected chi connectivity index (χ1v) is 9.75. The third kappa shape index (κ3) is 4.22. The van der Waals surface area contributed by atoms with E-state index in [4.69, 9.17) is 4.74 Å². The fourth-order valence-corrected chi connectivity index (χ4v) is 3.70. The second kappa shape index (κ2) is 8.39. The molecule has 2 aromatic rings. The Morgan fingerprint density at radius 3 is 2.59 bits per heavy atom. The molecule has 1 aromatic heterocycles. The number of nitrogens with zero attached hydrogens (tertiary/aromatic N) is 3. The third-order valence-corrected chi connectivity index (χ3v) is 5.16. The van der Waals surface area contributed by atoms with E-state index >= 15 is 0 Å². The van der Waals surface area contributed by atoms with Crippen molar-refractivity contribution >= 4 is 23.0 Å². The van der Waals surface area contributed by atoms with E-state index in [1.807, 2.05) is 29.2 Å². The molecule has 2 aliphatic heterocycles. The molecule has 3 heterocycles. The molecule has 142 valence electrons. The van der Waals surface area contributed by atoms with Gasteiger partial charge in [0.2, 0.25) is 0 Å². The van der Waals surface area contributed by atoms with Gasteiger partial charge in [-0.3, -0.25) is 9.78 Å². The summed E-state index contributed by atoms with van der Waals surface area (Å²) in [6, 6.07) is 12.0. The minimum atomic E-state index is 0.0276. The smallest absolute Gasteiger partial charge is 0.272 e. The fourth-order valence-electron chi connectivity index (χ4n) is 3.70. The van der Waals surface area contributed by atoms with Crippen LogP contribution in [0.1, 0.15) is 29.8 Å². The van der Waals surface area contributed by atoms with Gasteiger partial charge in [0, 0.05) is 38.1 Å². The summed E-state index contributed by atoms with van der Waals surface area (Å²) in [6.07, 6.45) is 5.07. The quantitative estimate of drug-likeness (QED) is 0.900. The Balaban J connectivity index is 1.52. The number of hydrogen-bond acceptors (Lipinski definition) is 5. The maximum atomic E-state index is 12.7. The molecule has 0 unspecified atom stereocenters. The van der Waals surface area contributed by atoms with Crippen molar-refractivity contribution in [3.05, 3.63) is 48.3 Å². The molecule has 0 saturated carbocycles. The highest BCUT2D eigenvalue weighted by molar-refractivity contribution is 5.93. The minimum Gasteiger partial charge on any atom is -0.378 e. The Bertz CT molecular complexity index is 783. The highest BCUT2D eigenvalue weighted by Crippen LogP contribution is 2.29. The van der Waals surface area contributed by atoms with Gasteiger partial charge in [-0.05, 0) is 43.5 Å². The number of para-hydroxylation sites is 2. The molecule has 27 heavy (non-hydrogen) atoms. The lowest BCUT2D eigenvalue weighted by molar-refractivity contribution is 0.0718. The van der Waals surface area contributed by atoms with Crippen molar-refractivity contribution in [2.24, 2.45) is 0 Å². The average Bonchev–Trinajstić information content (AvgIpc) is 2.75. The van der Waals surface area contributed by atoms with E-state index < -0.39 is 0 Å². The number of nitrogens with one attached hydrogen (secondary N) is 1. The van der Waals surface area contributed by atoms with Gasteiger partial charge in [0.1, 0.15) is 5.69 Å². The van der Waals surface area contributed by atoms with Crippen LogP contribution >= 0.6 is 0 Å². The van der Waals surface area contributed by atoms with Gasteiger partial charge in [0.15, 0.2) is 0 Å². The van der Waals surface area contributed by atoms with Crippen LogP contribution in [0.2, 0.25) is 0 Å². The molecule has 0 spiro atoms. The van der Waals surface area contributed by atoms with Gasteiger partial charge in [-0.15, -0.1) is 0 Å². The number of amides is 1. The predicted molar refractivity (Wildman–Crippen MR) is 107 cm³/mol. The van der Waals surface area contributed by atoms with Crippen molar-refractivity contribution in [3.8, 4) is 0 Å². The summed E-state index contributed by atoms with van der Waals surface area (Å²) in [4.78, 5) is 21.3. The van der Waals surface area contributed by atoms with Crippen LogP contribution < -0.4 is 10.2 Å². The van der Waals surface area contributed by atoms with Crippen LogP contribution in [-0.4, -0.2) is 55.2 Å². The largest absolute Gasteiger partial charge is 0.378 e. The van der Waals surface area contributed by atoms with Crippen LogP contribution in [0.25, 0.3) is 0 Å². The van der Waals surface area contributed by atoms with Crippen LogP contribution in [0.5, 0.6) is 0 Å². The summed E-state index contributed by atoms with van der Waals surface area (Å²) >= 11 is 0. The number of carbonyl (C=O) groups is 1. The normalized spacial score (nSPS) is 17.6. The number of benzene rings is 1. The Labute approximate surface area is 160 Å². The van der Waals surface area contributed by atoms with Gasteiger partial charge < -0.3 is 19.9 Å². The lowest BCUT2D eigenvalue weighted by Crippen LogP contribution is -2.36. The molecule has 0 atom stereocenters. The van der Waals surface area contributed by atoms with Crippen molar-refractivity contribution in [3.63, 3.8) is 0 Å². The van der Waals surface area contributed by atoms with Gasteiger partial charge >= 0.3 is 0 Å². The number of piperidine rings is 1. The van der Waals surface area contributed by atoms with E-state index in [0.717, 1.165) is 69.3 Å². The van der Waals surface area contributed by atoms with E-state index in [0.29, 0.717) is 5.69 Å². The second-order valence-electron chi connectivity index (χ2n) is 7.02. The molecule has 2 saturated heterocycles. The number of ether oxygens (including phenoxy) is 1. The first-order chi connectivity index (χ1) is 13.3. The molecule has 0 radical (unpaired) electrons. The molecule has 1 aromatic carbocycles. The van der Waals surface area contributed by atoms with Crippen LogP contribution in [0.4, 0.5) is 17.1 Å². The van der Waals surface area contributed by atoms with E-state index in [-0.39, 0.29) is 5.91 Å². The molecule has 2 fully saturated rings. The van der Waals surface area contributed by atoms with Gasteiger partial charge in [0.05, 0.1) is 24.6 Å². The fraction of sp³-hybridized carbons (Fsp3) is 0.429. The zero-order valence-corrected chi connectivity index (χ0v) is 15.6. The SMILES string of the molecule is O=C(c1cc(Nc2ccccc2N2CCOCC2)ccn1)N1CCCCC1. The third-order valence-electron chi connectivity index (χ3n) is 5.16. The maximum absolute atomic E-state index is 12.7. The number of pyridine rings is 1. The number of aromatic nitrogens is 1. The Morgan fingerprint density at radius 2 is 1.78 bits per heavy atom. The van der Waals surface area contributed by atoms with Crippen molar-refractivity contribution < 1.29 is 9.53 Å². The Morgan fingerprint density at radius 1 is 1.00 bits per heavy atom. The van der Waals surface area contributed by atoms with Crippen molar-refractivity contribution in [2.45, 2.75) is 19.3 Å². The average molecular weight is 366 g/mol. The first kappa shape index (κ1) is 17.8. The maximum Gasteiger partial charge on any atom is 0.272 e. The Hall–Kier alpha value is -2.60. The second-order valence-corrected chi connectivity index (χ2v) is 7.02. The van der Waals surface area contributed by atoms with E-state index in [1.54, 1.807) is 6.20 Å². The van der Waals surface area contributed by atoms with E-state index in [2.05, 4.69) is 27.3 Å². The lowest BCUT2D eigenvalue weighted by Gasteiger charge is -2.30. The molecule has 1 N–H and O–H groups in total. The number of hydrogen-bond donors (Lipinski definition) is 1. The van der Waals surface area contributed by atoms with E-state index in [1.165, 1.54) is 6.42 Å². The number of carbonyl (C=O) groups excluding carboxylic acids is 1. The number of rotatable bonds is 4. The van der Waals surface area contributed by atoms with E-state index in [9.17, 15) is 4.79 Å². The van der Waals surface area contributed by atoms with Crippen LogP contribution in [-0.2, 0) is 4.74 Å². The predicted octanol–water partition coefficient (Wildman–Crippen LogP) is 3.29. The molecule has 1 amide bonds. The summed E-state index contributed by atoms with van der Waals surface area (Å²) in [7, 11) is 0. The van der Waals surface area contributed by atoms with Crippen LogP contribution in [0.3, 0.4) is 0 Å². The molecule has 0 bridgehead atoms. The van der Waals surface area contributed by atoms with Gasteiger partial charge in [0.25, 0.3) is 5.91 Å². The van der Waals surface area contributed by atoms with Gasteiger partial charge in [-0.1, -0.05) is 12.1 Å². The standard InChI is InChI=1S/C21H26N4O2/c26-21(25-10-4-1-5-11-25)19-16-17(8-9-22-19)23-18-6-2-3-7-20(18)24-12-14-27-15-13-24/h2-3,6-9,16H,1,4-5,10-15H2,(H,22,23). The zero-order chi connectivity index (χ0) is 18.5. The highest BCUT2D eigenvalue weighted by atomic mass is 16.5. The molecule has 6 heteroatoms. The topological polar surface area (TPSA) is 57.7 Å². The monoisotopic (exact) mass is 366 g/mol. The summed E-state index contributed by atoms with van der Waals surface area (Å²) in [5, 5.41) is 3.47. The number of anilines is 3. The molecule has 0 aliphatic carbocycles. The summed E-state index contributed by atoms with van der Waals surface area (Å²) in [5.74, 6) is 0.0276. The molecule has 2 aliphatic rings. The molecule has 4 rings (SSSR count). The molecular weight excluding hydrogens is 340 g/mol. The number of likely N-dealkylation sites (tertiary alicyclic amines) is 1. The zero-order valence-electron chi connectivity index (χ0n) is 15.6. The van der Waals surface area contributed by atoms with Crippen LogP contribution in [0, 0.1) is 0 Å². The van der Waals surface area contributed by atoms with Gasteiger partial charge in [-0.2, -0.15) is 0 Å². The number of morpholine rings is 1. The first-order valence-electron chi connectivity index (χ1n) is 9.75. The summed E-state index contributed by atoms with van der Waals surface area (Å²) < 4.78 is 5.47. The van der Waals surface area contributed by atoms with Crippen LogP contribution in [0.15, 0.2) is 42.6 Å². The minimum absolute atomic E-state index is 0.0276. The van der Waals surface area contributed by atoms with Crippen molar-refractivity contribution in [1.29, 1.82) is 0 Å². The molecule has 6 nitrogen and oxygen atoms in total. The summed E-state index contributed by atoms with van der Waals surface area (Å²) in [5.41, 5.74) is 3.57. The highest BCUT2D eigenvalue weighted by Gasteiger charge is 2.20.